The summed E-state index contributed by atoms with van der Waals surface area (Å²) in [5.74, 6) is 0. The van der Waals surface area contributed by atoms with Gasteiger partial charge in [0.15, 0.2) is 0 Å². The molecule has 0 saturated carbocycles. The van der Waals surface area contributed by atoms with Gasteiger partial charge in [-0.05, 0) is 334 Å². The van der Waals surface area contributed by atoms with Crippen molar-refractivity contribution in [2.75, 3.05) is 0 Å². The van der Waals surface area contributed by atoms with Crippen LogP contribution in [0.2, 0.25) is 0 Å². The summed E-state index contributed by atoms with van der Waals surface area (Å²) < 4.78 is 0. The van der Waals surface area contributed by atoms with Crippen molar-refractivity contribution >= 4 is 140 Å². The first kappa shape index (κ1) is 84.1. The summed E-state index contributed by atoms with van der Waals surface area (Å²) in [6.45, 7) is 0. The van der Waals surface area contributed by atoms with E-state index in [0.717, 1.165) is 0 Å². The van der Waals surface area contributed by atoms with Crippen LogP contribution in [0, 0.1) is 0 Å². The monoisotopic (exact) mass is 1800 g/mol. The van der Waals surface area contributed by atoms with Crippen LogP contribution >= 0.6 is 0 Å². The normalized spacial score (nSPS) is 11.5. The van der Waals surface area contributed by atoms with Crippen LogP contribution in [0.5, 0.6) is 0 Å². The van der Waals surface area contributed by atoms with E-state index in [4.69, 9.17) is 0 Å². The number of hydrogen-bond donors (Lipinski definition) is 0. The molecular formula is C142H92. The summed E-state index contributed by atoms with van der Waals surface area (Å²) in [6.07, 6.45) is 0. The van der Waals surface area contributed by atoms with Gasteiger partial charge in [0.2, 0.25) is 0 Å². The molecule has 0 aromatic heterocycles. The average Bonchev–Trinajstić information content (AvgIpc) is 0.724. The minimum atomic E-state index is 1.22. The summed E-state index contributed by atoms with van der Waals surface area (Å²) >= 11 is 0. The van der Waals surface area contributed by atoms with Gasteiger partial charge in [0.05, 0.1) is 0 Å². The molecule has 660 valence electrons. The molecule has 0 unspecified atom stereocenters. The van der Waals surface area contributed by atoms with E-state index in [9.17, 15) is 0 Å². The van der Waals surface area contributed by atoms with E-state index in [2.05, 4.69) is 558 Å². The fourth-order valence-corrected chi connectivity index (χ4v) is 22.5. The second-order valence-corrected chi connectivity index (χ2v) is 37.5. The summed E-state index contributed by atoms with van der Waals surface area (Å²) in [5, 5.41) is 32.7. The van der Waals surface area contributed by atoms with Crippen molar-refractivity contribution < 1.29 is 0 Å². The zero-order valence-electron chi connectivity index (χ0n) is 78.1. The highest BCUT2D eigenvalue weighted by Crippen LogP contribution is 2.53. The molecule has 0 amide bonds. The number of hydrogen-bond acceptors (Lipinski definition) is 0. The Hall–Kier alpha value is -18.5. The van der Waals surface area contributed by atoms with Crippen molar-refractivity contribution in [3.05, 3.63) is 558 Å². The molecule has 28 rings (SSSR count). The van der Waals surface area contributed by atoms with E-state index < -0.39 is 0 Å². The van der Waals surface area contributed by atoms with Gasteiger partial charge in [-0.2, -0.15) is 0 Å². The Morgan fingerprint density at radius 1 is 0.0704 bits per heavy atom. The lowest BCUT2D eigenvalue weighted by Gasteiger charge is -2.21. The Labute approximate surface area is 825 Å². The Morgan fingerprint density at radius 3 is 0.577 bits per heavy atom. The van der Waals surface area contributed by atoms with Crippen LogP contribution in [0.15, 0.2) is 558 Å². The van der Waals surface area contributed by atoms with Gasteiger partial charge in [-0.25, -0.2) is 0 Å². The topological polar surface area (TPSA) is 0 Å². The summed E-state index contributed by atoms with van der Waals surface area (Å²) in [5.41, 5.74) is 29.8. The van der Waals surface area contributed by atoms with Gasteiger partial charge in [0, 0.05) is 0 Å². The molecular weight excluding hydrogens is 1710 g/mol. The minimum Gasteiger partial charge on any atom is -0.0622 e. The fraction of sp³-hybridized carbons (Fsp3) is 0. The van der Waals surface area contributed by atoms with Crippen molar-refractivity contribution in [1.82, 2.24) is 0 Å². The van der Waals surface area contributed by atoms with Crippen molar-refractivity contribution in [2.24, 2.45) is 0 Å². The Morgan fingerprint density at radius 2 is 0.261 bits per heavy atom. The molecule has 0 N–H and O–H groups in total. The summed E-state index contributed by atoms with van der Waals surface area (Å²) in [7, 11) is 0. The van der Waals surface area contributed by atoms with Gasteiger partial charge in [-0.1, -0.05) is 497 Å². The first-order chi connectivity index (χ1) is 70.4. The third-order valence-corrected chi connectivity index (χ3v) is 29.3. The average molecular weight is 1800 g/mol. The molecule has 0 bridgehead atoms. The van der Waals surface area contributed by atoms with Crippen LogP contribution in [0.4, 0.5) is 0 Å². The van der Waals surface area contributed by atoms with Crippen LogP contribution < -0.4 is 0 Å². The van der Waals surface area contributed by atoms with Gasteiger partial charge in [0.1, 0.15) is 0 Å². The zero-order valence-corrected chi connectivity index (χ0v) is 78.1. The minimum absolute atomic E-state index is 1.22. The Kier molecular flexibility index (Phi) is 21.4. The van der Waals surface area contributed by atoms with Crippen LogP contribution in [-0.2, 0) is 0 Å². The lowest BCUT2D eigenvalue weighted by molar-refractivity contribution is 1.62. The SMILES string of the molecule is c1ccc(-c2ccc3c(-c4ccc5ccccc5c4)c4cc(-c5cccc6ccccc56)ccc4c(-c4ccc5ccccc5c4)c3c2)cc1.c1ccc(-c2ccc3c(-c4cccc5ccccc45)c4cc(-c5ccc6ccccc6c5)ccc4c(-c4cccc5ccccc45)c3c2)cc1.c1ccc(-c2ccc3c(-c4ccccc4)c4cc(-c5ccc6ccccc6c5)ccc4c(-c4ccccc4)c3c2)cc1. The van der Waals surface area contributed by atoms with Crippen LogP contribution in [0.1, 0.15) is 0 Å². The highest BCUT2D eigenvalue weighted by atomic mass is 14.3. The second kappa shape index (κ2) is 36.2. The van der Waals surface area contributed by atoms with Gasteiger partial charge >= 0.3 is 0 Å². The highest BCUT2D eigenvalue weighted by molar-refractivity contribution is 6.28. The predicted octanol–water partition coefficient (Wildman–Crippen LogP) is 40.1. The molecule has 0 aliphatic rings. The summed E-state index contributed by atoms with van der Waals surface area (Å²) in [6, 6.07) is 205. The second-order valence-electron chi connectivity index (χ2n) is 37.5. The molecule has 0 aliphatic carbocycles. The zero-order chi connectivity index (χ0) is 93.9. The fourth-order valence-electron chi connectivity index (χ4n) is 22.5. The van der Waals surface area contributed by atoms with Crippen LogP contribution in [0.25, 0.3) is 274 Å². The van der Waals surface area contributed by atoms with E-state index in [-0.39, 0.29) is 0 Å². The lowest BCUT2D eigenvalue weighted by Crippen LogP contribution is -1.94. The molecule has 0 atom stereocenters. The van der Waals surface area contributed by atoms with E-state index in [1.54, 1.807) is 0 Å². The standard InChI is InChI=1S/2C50H32.C42H28/c1-2-11-33(12-3-1)39-25-27-45-47(31-39)49(41-23-21-34-13-4-6-16-37(34)29-41)46-28-26-40(44-20-10-18-36-15-8-9-19-43(36)44)32-48(46)50(45)42-24-22-35-14-5-7-17-38(35)30-42;1-2-12-33(13-3-1)39-26-28-45-47(31-39)49(43-22-10-18-35-15-6-8-20-41(35)43)46-29-27-40(38-25-24-34-14-4-5-17-37(34)30-38)32-48(46)50(45)44-23-11-19-36-16-7-9-21-42(36)44;1-4-12-29(13-5-1)35-22-24-37-39(27-35)41(31-15-6-2-7-16-31)38-25-23-36(28-40(38)42(37)32-17-8-3-9-18-32)34-21-20-30-14-10-11-19-33(30)26-34/h2*1-32H;1-28H. The Bertz CT molecular complexity index is 9800. The molecule has 28 aromatic rings. The van der Waals surface area contributed by atoms with Crippen molar-refractivity contribution in [3.8, 4) is 134 Å². The molecule has 0 spiro atoms. The maximum Gasteiger partial charge on any atom is -0.00199 e. The number of fused-ring (bicyclic) bond motifs is 13. The number of benzene rings is 28. The molecule has 0 heteroatoms. The van der Waals surface area contributed by atoms with Crippen LogP contribution in [-0.4, -0.2) is 0 Å². The quantitative estimate of drug-likeness (QED) is 0.107. The first-order valence-electron chi connectivity index (χ1n) is 49.2. The molecule has 0 nitrogen and oxygen atoms in total. The smallest absolute Gasteiger partial charge is 0.00199 e. The van der Waals surface area contributed by atoms with Gasteiger partial charge in [-0.15, -0.1) is 0 Å². The van der Waals surface area contributed by atoms with Crippen molar-refractivity contribution in [3.63, 3.8) is 0 Å². The number of rotatable bonds is 12. The first-order valence-corrected chi connectivity index (χ1v) is 49.2. The summed E-state index contributed by atoms with van der Waals surface area (Å²) in [4.78, 5) is 0. The van der Waals surface area contributed by atoms with Crippen LogP contribution in [0.3, 0.4) is 0 Å². The Balaban J connectivity index is 0.000000110. The molecule has 0 saturated heterocycles. The largest absolute Gasteiger partial charge is 0.0622 e. The third-order valence-electron chi connectivity index (χ3n) is 29.3. The predicted molar refractivity (Wildman–Crippen MR) is 612 cm³/mol. The van der Waals surface area contributed by atoms with Gasteiger partial charge < -0.3 is 0 Å². The maximum atomic E-state index is 2.44. The molecule has 0 fully saturated rings. The van der Waals surface area contributed by atoms with Gasteiger partial charge in [0.25, 0.3) is 0 Å². The van der Waals surface area contributed by atoms with Crippen molar-refractivity contribution in [2.45, 2.75) is 0 Å². The van der Waals surface area contributed by atoms with E-state index in [1.165, 1.54) is 274 Å². The van der Waals surface area contributed by atoms with Crippen molar-refractivity contribution in [1.29, 1.82) is 0 Å². The van der Waals surface area contributed by atoms with E-state index in [0.29, 0.717) is 0 Å². The van der Waals surface area contributed by atoms with E-state index >= 15 is 0 Å². The molecule has 0 aliphatic heterocycles. The lowest BCUT2D eigenvalue weighted by atomic mass is 9.82. The molecule has 0 radical (unpaired) electrons. The van der Waals surface area contributed by atoms with E-state index in [1.807, 2.05) is 0 Å². The highest BCUT2D eigenvalue weighted by Gasteiger charge is 2.26. The van der Waals surface area contributed by atoms with Gasteiger partial charge in [-0.3, -0.25) is 0 Å². The molecule has 0 heterocycles. The molecule has 28 aromatic carbocycles. The third kappa shape index (κ3) is 15.4. The molecule has 142 heavy (non-hydrogen) atoms. The maximum absolute atomic E-state index is 2.44.